The summed E-state index contributed by atoms with van der Waals surface area (Å²) in [6, 6.07) is 9.85. The molecule has 0 saturated heterocycles. The van der Waals surface area contributed by atoms with Crippen LogP contribution >= 0.6 is 0 Å². The molecule has 0 aliphatic carbocycles. The molecule has 2 aromatic rings. The molecule has 53 heavy (non-hydrogen) atoms. The maximum atomic E-state index is 14.3. The first-order valence-electron chi connectivity index (χ1n) is 14.5. The summed E-state index contributed by atoms with van der Waals surface area (Å²) >= 11 is 0. The Labute approximate surface area is 288 Å². The first-order valence-corrected chi connectivity index (χ1v) is 14.5. The van der Waals surface area contributed by atoms with E-state index >= 15 is 0 Å². The highest BCUT2D eigenvalue weighted by atomic mass is 19.4. The van der Waals surface area contributed by atoms with Gasteiger partial charge in [0.05, 0.1) is 33.5 Å². The molecule has 0 unspecified atom stereocenters. The Morgan fingerprint density at radius 1 is 0.660 bits per heavy atom. The van der Waals surface area contributed by atoms with Gasteiger partial charge in [-0.2, -0.15) is 74.6 Å². The average Bonchev–Trinajstić information content (AvgIpc) is 3.07. The summed E-state index contributed by atoms with van der Waals surface area (Å²) in [5, 5.41) is 2.92. The lowest BCUT2D eigenvalue weighted by atomic mass is 9.88. The zero-order valence-electron chi connectivity index (χ0n) is 27.1. The second-order valence-electron chi connectivity index (χ2n) is 11.1. The van der Waals surface area contributed by atoms with Crippen molar-refractivity contribution in [3.63, 3.8) is 0 Å². The second kappa shape index (κ2) is 15.8. The second-order valence-corrected chi connectivity index (χ2v) is 11.1. The van der Waals surface area contributed by atoms with Gasteiger partial charge < -0.3 is 18.9 Å². The molecular weight excluding hydrogens is 777 g/mol. The first-order chi connectivity index (χ1) is 24.0. The average molecular weight is 806 g/mol. The zero-order chi connectivity index (χ0) is 41.1. The SMILES string of the molecule is COC(=O)[C@H](Cc1ccccc1)NCc1c(OC)cc(OCCCC(F)(F)C(F)(F)C(F)(F)C(F)(F)C(F)(F)C(F)(F)C(F)(F)C(F)(F)F)cc1OC. The number of hydrogen-bond acceptors (Lipinski definition) is 6. The number of ether oxygens (including phenoxy) is 4. The molecule has 0 fully saturated rings. The van der Waals surface area contributed by atoms with Gasteiger partial charge in [0, 0.05) is 25.1 Å². The van der Waals surface area contributed by atoms with E-state index in [9.17, 15) is 79.4 Å². The third kappa shape index (κ3) is 8.43. The quantitative estimate of drug-likeness (QED) is 0.0871. The van der Waals surface area contributed by atoms with Crippen LogP contribution in [0.1, 0.15) is 24.0 Å². The number of methoxy groups -OCH3 is 3. The molecule has 23 heteroatoms. The van der Waals surface area contributed by atoms with Gasteiger partial charge in [-0.3, -0.25) is 10.1 Å². The monoisotopic (exact) mass is 805 g/mol. The largest absolute Gasteiger partial charge is 0.496 e. The van der Waals surface area contributed by atoms with Crippen molar-refractivity contribution in [2.24, 2.45) is 0 Å². The lowest BCUT2D eigenvalue weighted by Gasteiger charge is -2.42. The maximum absolute atomic E-state index is 14.3. The summed E-state index contributed by atoms with van der Waals surface area (Å²) in [6.45, 7) is -1.32. The number of nitrogens with one attached hydrogen (secondary N) is 1. The molecule has 6 nitrogen and oxygen atoms in total. The highest BCUT2D eigenvalue weighted by Crippen LogP contribution is 2.64. The van der Waals surface area contributed by atoms with Crippen molar-refractivity contribution in [2.45, 2.75) is 79.5 Å². The third-order valence-electron chi connectivity index (χ3n) is 7.57. The minimum Gasteiger partial charge on any atom is -0.496 e. The van der Waals surface area contributed by atoms with Crippen LogP contribution in [0.2, 0.25) is 0 Å². The van der Waals surface area contributed by atoms with Crippen LogP contribution in [0.5, 0.6) is 17.2 Å². The van der Waals surface area contributed by atoms with Crippen molar-refractivity contribution in [1.82, 2.24) is 5.32 Å². The Bertz CT molecular complexity index is 1510. The summed E-state index contributed by atoms with van der Waals surface area (Å²) in [4.78, 5) is 12.4. The highest BCUT2D eigenvalue weighted by Gasteiger charge is 2.95. The number of rotatable bonds is 19. The van der Waals surface area contributed by atoms with Gasteiger partial charge in [-0.25, -0.2) is 0 Å². The Hall–Kier alpha value is -3.92. The molecule has 0 aliphatic heterocycles. The molecule has 2 aromatic carbocycles. The molecule has 0 radical (unpaired) electrons. The van der Waals surface area contributed by atoms with Gasteiger partial charge in [0.15, 0.2) is 0 Å². The fourth-order valence-corrected chi connectivity index (χ4v) is 4.51. The van der Waals surface area contributed by atoms with Crippen LogP contribution in [-0.4, -0.2) is 87.6 Å². The first kappa shape index (κ1) is 45.2. The standard InChI is InChI=1S/C30H28F17NO5/c1-50-20-13-17(14-21(51-2)18(20)15-48-19(22(49)52-3)12-16-8-5-4-6-9-16)53-11-7-10-23(31,32)24(33,34)25(35,36)26(37,38)27(39,40)28(41,42)29(43,44)30(45,46)47/h4-6,8-9,13-14,19,48H,7,10-12,15H2,1-3H3/t19-/m0/s1. The van der Waals surface area contributed by atoms with Crippen LogP contribution in [0.25, 0.3) is 0 Å². The molecule has 0 saturated carbocycles. The van der Waals surface area contributed by atoms with Gasteiger partial charge in [-0.15, -0.1) is 0 Å². The Balaban J connectivity index is 2.24. The number of carbonyl (C=O) groups excluding carboxylic acids is 1. The Morgan fingerprint density at radius 2 is 1.11 bits per heavy atom. The van der Waals surface area contributed by atoms with E-state index in [1.165, 1.54) is 0 Å². The lowest BCUT2D eigenvalue weighted by Crippen LogP contribution is -2.74. The lowest BCUT2D eigenvalue weighted by molar-refractivity contribution is -0.461. The van der Waals surface area contributed by atoms with Crippen molar-refractivity contribution in [3.8, 4) is 17.2 Å². The number of alkyl halides is 17. The molecule has 302 valence electrons. The topological polar surface area (TPSA) is 66.0 Å². The van der Waals surface area contributed by atoms with Crippen molar-refractivity contribution in [3.05, 3.63) is 53.6 Å². The molecule has 0 aromatic heterocycles. The number of benzene rings is 2. The molecule has 0 bridgehead atoms. The van der Waals surface area contributed by atoms with E-state index in [0.717, 1.165) is 39.0 Å². The van der Waals surface area contributed by atoms with Gasteiger partial charge in [0.1, 0.15) is 23.3 Å². The smallest absolute Gasteiger partial charge is 0.460 e. The molecule has 0 amide bonds. The van der Waals surface area contributed by atoms with Gasteiger partial charge in [0.2, 0.25) is 0 Å². The Morgan fingerprint density at radius 3 is 1.55 bits per heavy atom. The molecule has 0 aliphatic rings. The third-order valence-corrected chi connectivity index (χ3v) is 7.57. The number of carbonyl (C=O) groups is 1. The van der Waals surface area contributed by atoms with E-state index in [-0.39, 0.29) is 35.8 Å². The molecule has 0 spiro atoms. The van der Waals surface area contributed by atoms with E-state index in [4.69, 9.17) is 18.9 Å². The summed E-state index contributed by atoms with van der Waals surface area (Å²) in [5.41, 5.74) is 0.956. The minimum absolute atomic E-state index is 0.0669. The molecule has 2 rings (SSSR count). The van der Waals surface area contributed by atoms with E-state index in [0.29, 0.717) is 0 Å². The van der Waals surface area contributed by atoms with Crippen LogP contribution in [0.15, 0.2) is 42.5 Å². The molecule has 1 N–H and O–H groups in total. The predicted molar refractivity (Wildman–Crippen MR) is 148 cm³/mol. The van der Waals surface area contributed by atoms with Crippen LogP contribution in [0, 0.1) is 0 Å². The van der Waals surface area contributed by atoms with Crippen LogP contribution in [0.4, 0.5) is 74.6 Å². The molecule has 0 heterocycles. The normalized spacial score (nSPS) is 14.5. The van der Waals surface area contributed by atoms with Crippen molar-refractivity contribution < 1.29 is 98.4 Å². The van der Waals surface area contributed by atoms with Gasteiger partial charge in [-0.1, -0.05) is 30.3 Å². The van der Waals surface area contributed by atoms with E-state index in [2.05, 4.69) is 5.32 Å². The van der Waals surface area contributed by atoms with Crippen molar-refractivity contribution in [2.75, 3.05) is 27.9 Å². The van der Waals surface area contributed by atoms with E-state index < -0.39 is 79.1 Å². The fraction of sp³-hybridized carbons (Fsp3) is 0.567. The maximum Gasteiger partial charge on any atom is 0.460 e. The molecular formula is C30H28F17NO5. The van der Waals surface area contributed by atoms with Crippen LogP contribution < -0.4 is 19.5 Å². The summed E-state index contributed by atoms with van der Waals surface area (Å²) in [6.07, 6.45) is -11.8. The zero-order valence-corrected chi connectivity index (χ0v) is 27.1. The van der Waals surface area contributed by atoms with Crippen molar-refractivity contribution >= 4 is 5.97 Å². The van der Waals surface area contributed by atoms with Crippen molar-refractivity contribution in [1.29, 1.82) is 0 Å². The van der Waals surface area contributed by atoms with Crippen LogP contribution in [-0.2, 0) is 22.5 Å². The summed E-state index contributed by atoms with van der Waals surface area (Å²) in [7, 11) is 3.40. The van der Waals surface area contributed by atoms with Crippen LogP contribution in [0.3, 0.4) is 0 Å². The van der Waals surface area contributed by atoms with E-state index in [1.54, 1.807) is 30.3 Å². The highest BCUT2D eigenvalue weighted by molar-refractivity contribution is 5.76. The minimum atomic E-state index is -8.69. The van der Waals surface area contributed by atoms with E-state index in [1.807, 2.05) is 0 Å². The summed E-state index contributed by atoms with van der Waals surface area (Å²) in [5.74, 6) is -57.9. The van der Waals surface area contributed by atoms with Gasteiger partial charge in [0.25, 0.3) is 0 Å². The number of esters is 1. The number of hydrogen-bond donors (Lipinski definition) is 1. The predicted octanol–water partition coefficient (Wildman–Crippen LogP) is 8.75. The summed E-state index contributed by atoms with van der Waals surface area (Å²) < 4.78 is 250. The Kier molecular flexibility index (Phi) is 13.5. The fourth-order valence-electron chi connectivity index (χ4n) is 4.51. The molecule has 1 atom stereocenters. The van der Waals surface area contributed by atoms with Gasteiger partial charge >= 0.3 is 53.6 Å². The van der Waals surface area contributed by atoms with Gasteiger partial charge in [-0.05, 0) is 18.4 Å². The number of halogens is 17.